The number of ketones is 1. The average molecular weight is 943 g/mol. The number of nitrogens with zero attached hydrogens (tertiary/aromatic N) is 3. The summed E-state index contributed by atoms with van der Waals surface area (Å²) in [6.07, 6.45) is 4.78. The molecule has 68 heavy (non-hydrogen) atoms. The van der Waals surface area contributed by atoms with E-state index in [2.05, 4.69) is 10.2 Å². The van der Waals surface area contributed by atoms with Gasteiger partial charge < -0.3 is 54.9 Å². The Morgan fingerprint density at radius 1 is 0.897 bits per heavy atom. The van der Waals surface area contributed by atoms with Crippen LogP contribution in [-0.4, -0.2) is 127 Å². The lowest BCUT2D eigenvalue weighted by atomic mass is 9.78. The van der Waals surface area contributed by atoms with Crippen molar-refractivity contribution in [3.63, 3.8) is 0 Å². The number of anilines is 1. The smallest absolute Gasteiger partial charge is 0.312 e. The number of nitrogens with one attached hydrogen (secondary N) is 1. The Labute approximate surface area is 396 Å². The molecule has 0 saturated carbocycles. The Balaban J connectivity index is 1.48. The first-order chi connectivity index (χ1) is 32.0. The normalized spacial score (nSPS) is 31.5. The molecule has 7 N–H and O–H groups in total. The molecule has 1 saturated heterocycles. The van der Waals surface area contributed by atoms with E-state index in [0.717, 1.165) is 5.56 Å². The van der Waals surface area contributed by atoms with E-state index in [1.54, 1.807) is 52.0 Å². The SMILES string of the molecule is CO[C@H]1/C=C/O[C@@]2(C)Oc3c(C)c(O)c4c(O)c(c(/C=N/N5C(C)CN(Cc6ccc(O)cc6)CC5C)c(O)c4c3C2=O)NC(=O)/C(C)=C\C=C\[C@H](C)[C@H](O)[C@@H](C)[C@@H](O)[C@@H](C)[C@H](OC(C)=O)[C@@H]1C. The lowest BCUT2D eigenvalue weighted by molar-refractivity contribution is -0.160. The first kappa shape index (κ1) is 51.3. The number of methoxy groups -OCH3 is 1. The van der Waals surface area contributed by atoms with Crippen molar-refractivity contribution in [2.75, 3.05) is 25.5 Å². The molecule has 11 atom stereocenters. The van der Waals surface area contributed by atoms with Crippen molar-refractivity contribution in [1.29, 1.82) is 0 Å². The molecule has 0 spiro atoms. The second kappa shape index (κ2) is 20.6. The van der Waals surface area contributed by atoms with Gasteiger partial charge in [0.2, 0.25) is 0 Å². The fraction of sp³-hybridized carbons (Fsp3) is 0.490. The standard InChI is InChI=1S/C51H66N4O13/c1-25-13-12-14-26(2)50(64)53-41-36(21-52-55-27(3)22-54(23-28(55)4)24-34-15-17-35(57)18-16-34)45(61)38-39(46(41)62)44(60)32(8)48-40(38)49(63)51(10,68-48)66-20-19-37(65-11)29(5)47(67-33(9)56)31(7)43(59)30(6)42(25)58/h12-21,25,27-31,37,42-43,47,57-62H,22-24H2,1-11H3,(H,53,64)/b13-12+,20-19+,26-14-,52-21+/t25-,27?,28?,29+,30+,31+,37-,42-,43+,47+,51-/m0/s1. The molecule has 1 amide bonds. The summed E-state index contributed by atoms with van der Waals surface area (Å²) in [5.41, 5.74) is 0.548. The second-order valence-electron chi connectivity index (χ2n) is 18.8. The molecule has 3 aromatic rings. The average Bonchev–Trinajstić information content (AvgIpc) is 3.55. The van der Waals surface area contributed by atoms with E-state index in [0.29, 0.717) is 19.6 Å². The molecule has 5 bridgehead atoms. The molecule has 17 heteroatoms. The Kier molecular flexibility index (Phi) is 15.5. The molecule has 1 fully saturated rings. The van der Waals surface area contributed by atoms with Crippen LogP contribution in [0, 0.1) is 30.6 Å². The summed E-state index contributed by atoms with van der Waals surface area (Å²) in [4.78, 5) is 43.3. The fourth-order valence-corrected chi connectivity index (χ4v) is 9.64. The lowest BCUT2D eigenvalue weighted by Crippen LogP contribution is -2.54. The van der Waals surface area contributed by atoms with Gasteiger partial charge in [0, 0.05) is 80.8 Å². The van der Waals surface area contributed by atoms with Gasteiger partial charge in [-0.25, -0.2) is 0 Å². The van der Waals surface area contributed by atoms with E-state index < -0.39 is 88.8 Å². The van der Waals surface area contributed by atoms with E-state index in [1.807, 2.05) is 31.0 Å². The maximum Gasteiger partial charge on any atom is 0.312 e. The zero-order chi connectivity index (χ0) is 50.1. The molecule has 2 unspecified atom stereocenters. The number of allylic oxidation sites excluding steroid dienone is 2. The highest BCUT2D eigenvalue weighted by molar-refractivity contribution is 6.23. The van der Waals surface area contributed by atoms with Crippen LogP contribution in [0.4, 0.5) is 5.69 Å². The summed E-state index contributed by atoms with van der Waals surface area (Å²) in [6, 6.07) is 6.70. The van der Waals surface area contributed by atoms with Crippen LogP contribution in [-0.2, 0) is 30.3 Å². The number of hydrogen-bond donors (Lipinski definition) is 7. The number of phenols is 4. The number of piperazine rings is 1. The van der Waals surface area contributed by atoms with Crippen LogP contribution in [0.25, 0.3) is 10.8 Å². The number of aliphatic hydroxyl groups excluding tert-OH is 2. The topological polar surface area (TPSA) is 240 Å². The minimum atomic E-state index is -2.08. The predicted molar refractivity (Wildman–Crippen MR) is 256 cm³/mol. The van der Waals surface area contributed by atoms with Gasteiger partial charge in [0.25, 0.3) is 11.7 Å². The van der Waals surface area contributed by atoms with E-state index in [-0.39, 0.29) is 62.3 Å². The van der Waals surface area contributed by atoms with Gasteiger partial charge in [0.05, 0.1) is 65.1 Å². The molecule has 7 rings (SSSR count). The minimum absolute atomic E-state index is 0.0378. The van der Waals surface area contributed by atoms with Gasteiger partial charge in [-0.2, -0.15) is 5.10 Å². The van der Waals surface area contributed by atoms with Crippen LogP contribution in [0.2, 0.25) is 0 Å². The Bertz CT molecular complexity index is 2510. The molecule has 0 aromatic heterocycles. The molecule has 4 heterocycles. The van der Waals surface area contributed by atoms with Gasteiger partial charge in [-0.1, -0.05) is 58.1 Å². The molecular weight excluding hydrogens is 877 g/mol. The Morgan fingerprint density at radius 2 is 1.54 bits per heavy atom. The van der Waals surface area contributed by atoms with Gasteiger partial charge in [-0.3, -0.25) is 24.3 Å². The van der Waals surface area contributed by atoms with E-state index in [4.69, 9.17) is 24.0 Å². The molecule has 0 radical (unpaired) electrons. The number of hydrogen-bond acceptors (Lipinski definition) is 16. The summed E-state index contributed by atoms with van der Waals surface area (Å²) in [5, 5.41) is 77.8. The first-order valence-electron chi connectivity index (χ1n) is 22.9. The zero-order valence-electron chi connectivity index (χ0n) is 40.6. The third-order valence-electron chi connectivity index (χ3n) is 13.6. The van der Waals surface area contributed by atoms with Crippen molar-refractivity contribution < 1.29 is 64.0 Å². The van der Waals surface area contributed by atoms with E-state index in [9.17, 15) is 45.0 Å². The monoisotopic (exact) mass is 942 g/mol. The number of carbonyl (C=O) groups excluding carboxylic acids is 3. The number of fused-ring (bicyclic) bond motifs is 14. The molecule has 17 nitrogen and oxygen atoms in total. The van der Waals surface area contributed by atoms with Crippen LogP contribution >= 0.6 is 0 Å². The predicted octanol–water partition coefficient (Wildman–Crippen LogP) is 6.39. The van der Waals surface area contributed by atoms with Crippen LogP contribution in [0.15, 0.2) is 65.5 Å². The summed E-state index contributed by atoms with van der Waals surface area (Å²) >= 11 is 0. The van der Waals surface area contributed by atoms with Crippen LogP contribution in [0.5, 0.6) is 28.7 Å². The van der Waals surface area contributed by atoms with Gasteiger partial charge in [-0.15, -0.1) is 0 Å². The summed E-state index contributed by atoms with van der Waals surface area (Å²) < 4.78 is 23.8. The quantitative estimate of drug-likeness (QED) is 0.0614. The number of benzene rings is 3. The molecular formula is C51H66N4O13. The number of esters is 1. The van der Waals surface area contributed by atoms with Gasteiger partial charge >= 0.3 is 11.8 Å². The lowest BCUT2D eigenvalue weighted by Gasteiger charge is -2.42. The fourth-order valence-electron chi connectivity index (χ4n) is 9.64. The third-order valence-corrected chi connectivity index (χ3v) is 13.6. The Morgan fingerprint density at radius 3 is 2.16 bits per heavy atom. The van der Waals surface area contributed by atoms with Crippen LogP contribution < -0.4 is 10.1 Å². The van der Waals surface area contributed by atoms with Crippen molar-refractivity contribution in [2.24, 2.45) is 28.8 Å². The molecule has 0 aliphatic carbocycles. The van der Waals surface area contributed by atoms with Gasteiger partial charge in [0.1, 0.15) is 29.1 Å². The number of phenolic OH excluding ortho intramolecular Hbond substituents is 4. The first-order valence-corrected chi connectivity index (χ1v) is 22.9. The zero-order valence-corrected chi connectivity index (χ0v) is 40.6. The van der Waals surface area contributed by atoms with Crippen molar-refractivity contribution in [3.8, 4) is 28.7 Å². The largest absolute Gasteiger partial charge is 0.508 e. The molecule has 3 aromatic carbocycles. The van der Waals surface area contributed by atoms with Crippen molar-refractivity contribution >= 4 is 40.3 Å². The Hall–Kier alpha value is -6.14. The number of aromatic hydroxyl groups is 4. The van der Waals surface area contributed by atoms with Crippen LogP contribution in [0.1, 0.15) is 89.4 Å². The van der Waals surface area contributed by atoms with Gasteiger partial charge in [-0.05, 0) is 51.5 Å². The minimum Gasteiger partial charge on any atom is -0.508 e. The number of amides is 1. The second-order valence-corrected chi connectivity index (χ2v) is 18.8. The maximum absolute atomic E-state index is 14.6. The number of ether oxygens (including phenoxy) is 4. The molecule has 4 aliphatic rings. The molecule has 4 aliphatic heterocycles. The highest BCUT2D eigenvalue weighted by Gasteiger charge is 2.50. The van der Waals surface area contributed by atoms with Crippen LogP contribution in [0.3, 0.4) is 0 Å². The van der Waals surface area contributed by atoms with E-state index in [1.165, 1.54) is 59.4 Å². The number of carbonyl (C=O) groups is 3. The van der Waals surface area contributed by atoms with E-state index >= 15 is 0 Å². The van der Waals surface area contributed by atoms with Crippen molar-refractivity contribution in [3.05, 3.63) is 82.7 Å². The van der Waals surface area contributed by atoms with Crippen molar-refractivity contribution in [1.82, 2.24) is 9.91 Å². The van der Waals surface area contributed by atoms with Crippen molar-refractivity contribution in [2.45, 2.75) is 118 Å². The summed E-state index contributed by atoms with van der Waals surface area (Å²) in [5.74, 6) is -8.43. The summed E-state index contributed by atoms with van der Waals surface area (Å²) in [7, 11) is 1.43. The maximum atomic E-state index is 14.6. The molecule has 368 valence electrons. The van der Waals surface area contributed by atoms with Gasteiger partial charge in [0.15, 0.2) is 5.75 Å². The highest BCUT2D eigenvalue weighted by Crippen LogP contribution is 2.55. The summed E-state index contributed by atoms with van der Waals surface area (Å²) in [6.45, 7) is 18.3. The number of Topliss-reactive ketones (excluding diaryl/α,β-unsaturated/α-hetero) is 1. The number of rotatable bonds is 6. The highest BCUT2D eigenvalue weighted by atomic mass is 16.7. The third kappa shape index (κ3) is 10.2. The number of hydrazone groups is 1. The number of aliphatic hydroxyl groups is 2.